The third-order valence-electron chi connectivity index (χ3n) is 2.17. The Kier molecular flexibility index (Phi) is 6.66. The fourth-order valence-corrected chi connectivity index (χ4v) is 1.36. The van der Waals surface area contributed by atoms with Crippen molar-refractivity contribution in [3.8, 4) is 18.4 Å². The molecule has 0 aliphatic heterocycles. The van der Waals surface area contributed by atoms with Crippen molar-refractivity contribution in [1.29, 1.82) is 5.26 Å². The first-order chi connectivity index (χ1) is 7.10. The van der Waals surface area contributed by atoms with Gasteiger partial charge in [-0.25, -0.2) is 0 Å². The Morgan fingerprint density at radius 1 is 1.67 bits per heavy atom. The van der Waals surface area contributed by atoms with Gasteiger partial charge in [-0.1, -0.05) is 12.8 Å². The lowest BCUT2D eigenvalue weighted by molar-refractivity contribution is -0.127. The van der Waals surface area contributed by atoms with E-state index in [9.17, 15) is 4.79 Å². The SMILES string of the molecule is C#CCSCCNC(=O)C(C)(C#N)CC. The Bertz CT molecular complexity index is 290. The van der Waals surface area contributed by atoms with Crippen LogP contribution in [0.5, 0.6) is 0 Å². The lowest BCUT2D eigenvalue weighted by Gasteiger charge is -2.18. The molecule has 0 fully saturated rings. The zero-order valence-electron chi connectivity index (χ0n) is 9.17. The summed E-state index contributed by atoms with van der Waals surface area (Å²) >= 11 is 1.59. The summed E-state index contributed by atoms with van der Waals surface area (Å²) in [4.78, 5) is 11.6. The second-order valence-corrected chi connectivity index (χ2v) is 4.42. The van der Waals surface area contributed by atoms with Crippen LogP contribution < -0.4 is 5.32 Å². The topological polar surface area (TPSA) is 52.9 Å². The van der Waals surface area contributed by atoms with Crippen LogP contribution in [0.4, 0.5) is 0 Å². The molecule has 0 aromatic carbocycles. The Morgan fingerprint density at radius 3 is 2.80 bits per heavy atom. The number of nitrogens with zero attached hydrogens (tertiary/aromatic N) is 1. The molecule has 1 unspecified atom stereocenters. The summed E-state index contributed by atoms with van der Waals surface area (Å²) in [7, 11) is 0. The molecule has 0 aromatic heterocycles. The molecule has 0 radical (unpaired) electrons. The number of thioether (sulfide) groups is 1. The van der Waals surface area contributed by atoms with Gasteiger partial charge in [0, 0.05) is 12.3 Å². The standard InChI is InChI=1S/C11H16N2OS/c1-4-7-15-8-6-13-10(14)11(3,5-2)9-12/h1H,5-8H2,2-3H3,(H,13,14). The maximum Gasteiger partial charge on any atom is 0.240 e. The zero-order valence-corrected chi connectivity index (χ0v) is 9.99. The van der Waals surface area contributed by atoms with Crippen LogP contribution in [-0.2, 0) is 4.79 Å². The molecule has 0 aliphatic rings. The van der Waals surface area contributed by atoms with Crippen molar-refractivity contribution < 1.29 is 4.79 Å². The lowest BCUT2D eigenvalue weighted by Crippen LogP contribution is -2.38. The van der Waals surface area contributed by atoms with Crippen LogP contribution in [0.1, 0.15) is 20.3 Å². The van der Waals surface area contributed by atoms with Crippen molar-refractivity contribution in [3.63, 3.8) is 0 Å². The molecule has 82 valence electrons. The molecule has 3 nitrogen and oxygen atoms in total. The highest BCUT2D eigenvalue weighted by atomic mass is 32.2. The Hall–Kier alpha value is -1.13. The van der Waals surface area contributed by atoms with Crippen molar-refractivity contribution in [2.75, 3.05) is 18.1 Å². The van der Waals surface area contributed by atoms with Gasteiger partial charge in [0.1, 0.15) is 5.41 Å². The quantitative estimate of drug-likeness (QED) is 0.548. The van der Waals surface area contributed by atoms with Gasteiger partial charge in [-0.15, -0.1) is 18.2 Å². The van der Waals surface area contributed by atoms with Gasteiger partial charge in [0.15, 0.2) is 0 Å². The second-order valence-electron chi connectivity index (χ2n) is 3.31. The summed E-state index contributed by atoms with van der Waals surface area (Å²) in [5.74, 6) is 3.74. The molecule has 1 atom stereocenters. The number of nitrogens with one attached hydrogen (secondary N) is 1. The highest BCUT2D eigenvalue weighted by molar-refractivity contribution is 7.99. The van der Waals surface area contributed by atoms with Crippen LogP contribution in [0, 0.1) is 29.1 Å². The van der Waals surface area contributed by atoms with E-state index in [0.29, 0.717) is 18.7 Å². The van der Waals surface area contributed by atoms with E-state index in [4.69, 9.17) is 11.7 Å². The molecule has 0 aliphatic carbocycles. The molecule has 1 amide bonds. The largest absolute Gasteiger partial charge is 0.354 e. The van der Waals surface area contributed by atoms with E-state index in [-0.39, 0.29) is 5.91 Å². The molecule has 15 heavy (non-hydrogen) atoms. The van der Waals surface area contributed by atoms with Crippen molar-refractivity contribution in [3.05, 3.63) is 0 Å². The van der Waals surface area contributed by atoms with Crippen molar-refractivity contribution in [1.82, 2.24) is 5.32 Å². The van der Waals surface area contributed by atoms with Gasteiger partial charge in [-0.2, -0.15) is 5.26 Å². The van der Waals surface area contributed by atoms with Gasteiger partial charge in [0.2, 0.25) is 5.91 Å². The van der Waals surface area contributed by atoms with Crippen LogP contribution >= 0.6 is 11.8 Å². The van der Waals surface area contributed by atoms with Gasteiger partial charge in [0.05, 0.1) is 11.8 Å². The van der Waals surface area contributed by atoms with Gasteiger partial charge in [-0.3, -0.25) is 4.79 Å². The fourth-order valence-electron chi connectivity index (χ4n) is 0.853. The first kappa shape index (κ1) is 13.9. The van der Waals surface area contributed by atoms with Gasteiger partial charge >= 0.3 is 0 Å². The molecule has 0 aromatic rings. The predicted octanol–water partition coefficient (Wildman–Crippen LogP) is 1.41. The number of hydrogen-bond acceptors (Lipinski definition) is 3. The van der Waals surface area contributed by atoms with E-state index in [1.807, 2.05) is 13.0 Å². The molecule has 0 bridgehead atoms. The van der Waals surface area contributed by atoms with Crippen LogP contribution in [-0.4, -0.2) is 24.0 Å². The predicted molar refractivity (Wildman–Crippen MR) is 63.2 cm³/mol. The number of amides is 1. The van der Waals surface area contributed by atoms with Crippen molar-refractivity contribution in [2.45, 2.75) is 20.3 Å². The summed E-state index contributed by atoms with van der Waals surface area (Å²) in [6.07, 6.45) is 5.60. The lowest BCUT2D eigenvalue weighted by atomic mass is 9.88. The molecular weight excluding hydrogens is 208 g/mol. The Labute approximate surface area is 95.6 Å². The third-order valence-corrected chi connectivity index (χ3v) is 3.04. The number of carbonyl (C=O) groups is 1. The van der Waals surface area contributed by atoms with Crippen LogP contribution in [0.3, 0.4) is 0 Å². The number of hydrogen-bond donors (Lipinski definition) is 1. The average molecular weight is 224 g/mol. The summed E-state index contributed by atoms with van der Waals surface area (Å²) in [6.45, 7) is 4.04. The Balaban J connectivity index is 3.85. The average Bonchev–Trinajstić information content (AvgIpc) is 2.27. The summed E-state index contributed by atoms with van der Waals surface area (Å²) in [5, 5.41) is 11.6. The molecule has 1 N–H and O–H groups in total. The first-order valence-electron chi connectivity index (χ1n) is 4.81. The smallest absolute Gasteiger partial charge is 0.240 e. The normalized spacial score (nSPS) is 13.3. The fraction of sp³-hybridized carbons (Fsp3) is 0.636. The maximum atomic E-state index is 11.6. The third kappa shape index (κ3) is 4.76. The zero-order chi connectivity index (χ0) is 11.7. The minimum Gasteiger partial charge on any atom is -0.354 e. The van der Waals surface area contributed by atoms with E-state index >= 15 is 0 Å². The highest BCUT2D eigenvalue weighted by Gasteiger charge is 2.30. The van der Waals surface area contributed by atoms with Crippen LogP contribution in [0.2, 0.25) is 0 Å². The van der Waals surface area contributed by atoms with Crippen LogP contribution in [0.15, 0.2) is 0 Å². The summed E-state index contributed by atoms with van der Waals surface area (Å²) in [5.41, 5.74) is -0.906. The number of rotatable bonds is 6. The van der Waals surface area contributed by atoms with Gasteiger partial charge < -0.3 is 5.32 Å². The van der Waals surface area contributed by atoms with E-state index in [2.05, 4.69) is 11.2 Å². The van der Waals surface area contributed by atoms with Crippen molar-refractivity contribution in [2.24, 2.45) is 5.41 Å². The summed E-state index contributed by atoms with van der Waals surface area (Å²) in [6, 6.07) is 2.03. The molecular formula is C11H16N2OS. The van der Waals surface area contributed by atoms with E-state index in [1.54, 1.807) is 18.7 Å². The van der Waals surface area contributed by atoms with E-state index < -0.39 is 5.41 Å². The van der Waals surface area contributed by atoms with E-state index in [0.717, 1.165) is 5.75 Å². The molecule has 4 heteroatoms. The molecule has 0 heterocycles. The minimum absolute atomic E-state index is 0.200. The second kappa shape index (κ2) is 7.20. The van der Waals surface area contributed by atoms with Crippen molar-refractivity contribution >= 4 is 17.7 Å². The highest BCUT2D eigenvalue weighted by Crippen LogP contribution is 2.19. The molecule has 0 saturated carbocycles. The summed E-state index contributed by atoms with van der Waals surface area (Å²) < 4.78 is 0. The first-order valence-corrected chi connectivity index (χ1v) is 5.97. The maximum absolute atomic E-state index is 11.6. The number of terminal acetylenes is 1. The van der Waals surface area contributed by atoms with Gasteiger partial charge in [0.25, 0.3) is 0 Å². The van der Waals surface area contributed by atoms with E-state index in [1.165, 1.54) is 0 Å². The Morgan fingerprint density at radius 2 is 2.33 bits per heavy atom. The van der Waals surface area contributed by atoms with Crippen LogP contribution in [0.25, 0.3) is 0 Å². The minimum atomic E-state index is -0.906. The number of carbonyl (C=O) groups excluding carboxylic acids is 1. The molecule has 0 rings (SSSR count). The number of nitriles is 1. The monoisotopic (exact) mass is 224 g/mol. The molecule has 0 saturated heterocycles. The van der Waals surface area contributed by atoms with Gasteiger partial charge in [-0.05, 0) is 13.3 Å². The molecule has 0 spiro atoms.